The Hall–Kier alpha value is -1.56. The Morgan fingerprint density at radius 1 is 1.00 bits per heavy atom. The Morgan fingerprint density at radius 2 is 1.08 bits per heavy atom. The van der Waals surface area contributed by atoms with E-state index in [0.29, 0.717) is 0 Å². The van der Waals surface area contributed by atoms with Crippen LogP contribution in [0.3, 0.4) is 0 Å². The van der Waals surface area contributed by atoms with E-state index in [1.165, 1.54) is 0 Å². The maximum atomic E-state index is 9.14. The molecule has 0 heterocycles. The van der Waals surface area contributed by atoms with Crippen LogP contribution in [0.5, 0.6) is 0 Å². The predicted molar refractivity (Wildman–Crippen MR) is 36.8 cm³/mol. The van der Waals surface area contributed by atoms with Crippen molar-refractivity contribution in [1.29, 1.82) is 0 Å². The van der Waals surface area contributed by atoms with Gasteiger partial charge in [0.25, 0.3) is 0 Å². The molecule has 5 nitrogen and oxygen atoms in total. The molecule has 0 aliphatic rings. The van der Waals surface area contributed by atoms with Crippen LogP contribution >= 0.6 is 0 Å². The molecule has 0 spiro atoms. The van der Waals surface area contributed by atoms with Crippen molar-refractivity contribution >= 4 is 22.1 Å². The van der Waals surface area contributed by atoms with Crippen molar-refractivity contribution in [3.05, 3.63) is 25.3 Å². The average molecular weight is 186 g/mol. The van der Waals surface area contributed by atoms with Gasteiger partial charge in [0.05, 0.1) is 11.9 Å². The number of carboxylic acid groups (broad SMARTS) is 2. The molecule has 0 aliphatic heterocycles. The van der Waals surface area contributed by atoms with Crippen LogP contribution in [0.1, 0.15) is 0 Å². The first kappa shape index (κ1) is 16.8. The Kier molecular flexibility index (Phi) is 22.7. The molecule has 0 fully saturated rings. The van der Waals surface area contributed by atoms with E-state index in [9.17, 15) is 0 Å². The zero-order chi connectivity index (χ0) is 10.6. The zero-order valence-electron chi connectivity index (χ0n) is 6.11. The van der Waals surface area contributed by atoms with Gasteiger partial charge in [-0.05, 0) is 12.2 Å². The Bertz CT molecular complexity index is 147. The van der Waals surface area contributed by atoms with E-state index in [0.717, 1.165) is 12.2 Å². The minimum absolute atomic E-state index is 0.722. The fourth-order valence-electron chi connectivity index (χ4n) is 0. The van der Waals surface area contributed by atoms with Gasteiger partial charge < -0.3 is 19.8 Å². The van der Waals surface area contributed by atoms with Crippen molar-refractivity contribution in [2.45, 2.75) is 0 Å². The van der Waals surface area contributed by atoms with Crippen LogP contribution in [0.15, 0.2) is 25.3 Å². The third-order valence-corrected chi connectivity index (χ3v) is 0.333. The summed E-state index contributed by atoms with van der Waals surface area (Å²) in [5.41, 5.74) is 0. The third-order valence-electron chi connectivity index (χ3n) is 0.333. The summed E-state index contributed by atoms with van der Waals surface area (Å²) in [6.07, 6.45) is 1.44. The number of aliphatic carboxylic acids is 2. The summed E-state index contributed by atoms with van der Waals surface area (Å²) in [5.74, 6) is -2.46. The van der Waals surface area contributed by atoms with Crippen molar-refractivity contribution in [3.8, 4) is 0 Å². The molecule has 0 aromatic heterocycles. The van der Waals surface area contributed by atoms with Crippen molar-refractivity contribution in [3.63, 3.8) is 0 Å². The molecule has 64 valence electrons. The standard InChI is InChI=1S/2C3H4O2.OSi/c2*1-2-3(4)5;1-2/h2*2H,1H2,(H,4,5);/q;;+2/p-2. The van der Waals surface area contributed by atoms with E-state index in [4.69, 9.17) is 24.3 Å². The quantitative estimate of drug-likeness (QED) is 0.346. The molecule has 6 heteroatoms. The summed E-state index contributed by atoms with van der Waals surface area (Å²) in [7, 11) is 1.72. The summed E-state index contributed by atoms with van der Waals surface area (Å²) >= 11 is 0. The maximum absolute atomic E-state index is 9.14. The molecule has 0 atom stereocenters. The molecule has 0 bridgehead atoms. The van der Waals surface area contributed by atoms with Crippen LogP contribution < -0.4 is 10.2 Å². The van der Waals surface area contributed by atoms with Crippen molar-refractivity contribution < 1.29 is 24.3 Å². The van der Waals surface area contributed by atoms with E-state index in [-0.39, 0.29) is 0 Å². The van der Waals surface area contributed by atoms with E-state index in [1.54, 1.807) is 10.1 Å². The number of carbonyl (C=O) groups excluding carboxylic acids is 2. The van der Waals surface area contributed by atoms with Crippen LogP contribution in [0, 0.1) is 0 Å². The second-order valence-electron chi connectivity index (χ2n) is 1.05. The topological polar surface area (TPSA) is 97.3 Å². The summed E-state index contributed by atoms with van der Waals surface area (Å²) in [6.45, 7) is 5.80. The van der Waals surface area contributed by atoms with Crippen molar-refractivity contribution in [2.75, 3.05) is 0 Å². The monoisotopic (exact) mass is 186 g/mol. The number of hydrogen-bond donors (Lipinski definition) is 0. The Morgan fingerprint density at radius 3 is 1.08 bits per heavy atom. The van der Waals surface area contributed by atoms with Gasteiger partial charge in [-0.2, -0.15) is 0 Å². The molecular formula is C6H6O5Si. The van der Waals surface area contributed by atoms with E-state index in [2.05, 4.69) is 13.2 Å². The molecule has 0 N–H and O–H groups in total. The van der Waals surface area contributed by atoms with Gasteiger partial charge in [0, 0.05) is 0 Å². The summed E-state index contributed by atoms with van der Waals surface area (Å²) in [4.78, 5) is 18.3. The van der Waals surface area contributed by atoms with Gasteiger partial charge in [-0.3, -0.25) is 0 Å². The van der Waals surface area contributed by atoms with E-state index >= 15 is 0 Å². The fraction of sp³-hybridized carbons (Fsp3) is 0. The average Bonchev–Trinajstić information content (AvgIpc) is 2.09. The van der Waals surface area contributed by atoms with Gasteiger partial charge >= 0.3 is 14.6 Å². The molecule has 0 rings (SSSR count). The zero-order valence-corrected chi connectivity index (χ0v) is 7.11. The molecule has 0 unspecified atom stereocenters. The van der Waals surface area contributed by atoms with Gasteiger partial charge in [-0.25, -0.2) is 0 Å². The summed E-state index contributed by atoms with van der Waals surface area (Å²) < 4.78 is 8.06. The molecule has 0 radical (unpaired) electrons. The molecule has 0 saturated heterocycles. The number of hydrogen-bond acceptors (Lipinski definition) is 5. The van der Waals surface area contributed by atoms with Gasteiger partial charge in [-0.1, -0.05) is 13.2 Å². The van der Waals surface area contributed by atoms with Crippen LogP contribution in [0.25, 0.3) is 0 Å². The molecule has 0 aromatic rings. The SMILES string of the molecule is C=CC(=O)[O-].C=CC(=O)[O-].O=[Si+2]. The van der Waals surface area contributed by atoms with Crippen LogP contribution in [0.2, 0.25) is 0 Å². The second kappa shape index (κ2) is 16.2. The summed E-state index contributed by atoms with van der Waals surface area (Å²) in [6, 6.07) is 0. The first-order valence-corrected chi connectivity index (χ1v) is 2.82. The molecule has 0 amide bonds. The molecule has 0 aliphatic carbocycles. The third kappa shape index (κ3) is 78.6. The summed E-state index contributed by atoms with van der Waals surface area (Å²) in [5, 5.41) is 18.3. The molecule has 12 heavy (non-hydrogen) atoms. The second-order valence-corrected chi connectivity index (χ2v) is 1.05. The number of carbonyl (C=O) groups is 2. The Labute approximate surface area is 72.5 Å². The number of carboxylic acids is 2. The van der Waals surface area contributed by atoms with Crippen LogP contribution in [-0.4, -0.2) is 22.1 Å². The van der Waals surface area contributed by atoms with E-state index in [1.807, 2.05) is 0 Å². The number of rotatable bonds is 2. The van der Waals surface area contributed by atoms with Crippen molar-refractivity contribution in [2.24, 2.45) is 0 Å². The first-order chi connectivity index (χ1) is 5.54. The molecule has 0 aromatic carbocycles. The minimum atomic E-state index is -1.23. The van der Waals surface area contributed by atoms with Gasteiger partial charge in [0.15, 0.2) is 0 Å². The first-order valence-electron chi connectivity index (χ1n) is 2.41. The van der Waals surface area contributed by atoms with E-state index < -0.39 is 11.9 Å². The van der Waals surface area contributed by atoms with Gasteiger partial charge in [0.2, 0.25) is 0 Å². The fourth-order valence-corrected chi connectivity index (χ4v) is 0. The predicted octanol–water partition coefficient (Wildman–Crippen LogP) is -2.65. The van der Waals surface area contributed by atoms with Gasteiger partial charge in [0.1, 0.15) is 0 Å². The van der Waals surface area contributed by atoms with Gasteiger partial charge in [-0.15, -0.1) is 0 Å². The molecular weight excluding hydrogens is 180 g/mol. The van der Waals surface area contributed by atoms with Crippen LogP contribution in [0.4, 0.5) is 0 Å². The van der Waals surface area contributed by atoms with Crippen molar-refractivity contribution in [1.82, 2.24) is 0 Å². The van der Waals surface area contributed by atoms with Crippen LogP contribution in [-0.2, 0) is 14.1 Å². The molecule has 0 saturated carbocycles. The normalized spacial score (nSPS) is 5.83. The Balaban J connectivity index is -0.000000112.